The van der Waals surface area contributed by atoms with Gasteiger partial charge in [0, 0.05) is 57.1 Å². The third-order valence-corrected chi connectivity index (χ3v) is 12.5. The fourth-order valence-electron chi connectivity index (χ4n) is 8.91. The summed E-state index contributed by atoms with van der Waals surface area (Å²) in [6.07, 6.45) is -0.981. The molecule has 0 fully saturated rings. The molecule has 0 amide bonds. The molecule has 4 unspecified atom stereocenters. The molecule has 6 N–H and O–H groups in total. The number of fused-ring (bicyclic) bond motifs is 4. The van der Waals surface area contributed by atoms with Crippen LogP contribution in [0.25, 0.3) is 44.3 Å². The van der Waals surface area contributed by atoms with E-state index in [1.54, 1.807) is 90.1 Å². The number of nitrogens with zero attached hydrogens (tertiary/aromatic N) is 2. The van der Waals surface area contributed by atoms with Gasteiger partial charge in [-0.2, -0.15) is 0 Å². The van der Waals surface area contributed by atoms with E-state index in [1.807, 2.05) is 24.3 Å². The Labute approximate surface area is 380 Å². The largest absolute Gasteiger partial charge is 0.443 e. The smallest absolute Gasteiger partial charge is 0.419 e. The predicted molar refractivity (Wildman–Crippen MR) is 247 cm³/mol. The Hall–Kier alpha value is -5.15. The summed E-state index contributed by atoms with van der Waals surface area (Å²) in [6, 6.07) is 18.6. The van der Waals surface area contributed by atoms with Crippen LogP contribution in [0.4, 0.5) is 18.4 Å². The number of carbonyl (C=O) groups is 3. The van der Waals surface area contributed by atoms with E-state index in [-0.39, 0.29) is 31.7 Å². The normalized spacial score (nSPS) is 17.1. The summed E-state index contributed by atoms with van der Waals surface area (Å²) >= 11 is 13.8. The molecule has 4 heterocycles. The Morgan fingerprint density at radius 2 is 1.05 bits per heavy atom. The van der Waals surface area contributed by atoms with Crippen molar-refractivity contribution in [3.05, 3.63) is 116 Å². The molecule has 0 aliphatic carbocycles. The zero-order valence-corrected chi connectivity index (χ0v) is 38.1. The monoisotopic (exact) mass is 912 g/mol. The van der Waals surface area contributed by atoms with E-state index in [4.69, 9.17) is 44.1 Å². The van der Waals surface area contributed by atoms with Crippen LogP contribution in [0, 0.1) is 0 Å². The fraction of sp³-hybridized carbons (Fsp3) is 0.367. The number of rotatable bonds is 10. The molecule has 4 atom stereocenters. The van der Waals surface area contributed by atoms with Crippen molar-refractivity contribution in [3.8, 4) is 22.5 Å². The van der Waals surface area contributed by atoms with Crippen LogP contribution in [0.2, 0.25) is 10.0 Å². The average Bonchev–Trinajstić information content (AvgIpc) is 4.03. The first-order valence-corrected chi connectivity index (χ1v) is 22.1. The molecular formula is C49H52Cl2F2N6O5. The maximum absolute atomic E-state index is 15.4. The highest BCUT2D eigenvalue weighted by Crippen LogP contribution is 2.47. The van der Waals surface area contributed by atoms with Gasteiger partial charge in [0.15, 0.2) is 5.78 Å². The molecule has 0 spiro atoms. The van der Waals surface area contributed by atoms with Gasteiger partial charge in [0.25, 0.3) is 0 Å². The van der Waals surface area contributed by atoms with Gasteiger partial charge in [0.05, 0.1) is 47.9 Å². The van der Waals surface area contributed by atoms with Crippen LogP contribution >= 0.6 is 23.2 Å². The number of Topliss-reactive ketones (excluding diaryl/α,β-unsaturated/α-hetero) is 1. The Bertz CT molecular complexity index is 2650. The lowest BCUT2D eigenvalue weighted by molar-refractivity contribution is -0.123. The molecular weight excluding hydrogens is 861 g/mol. The first-order chi connectivity index (χ1) is 30.3. The number of nitrogens with one attached hydrogen (secondary N) is 2. The number of carbonyl (C=O) groups excluding carboxylic acids is 3. The van der Waals surface area contributed by atoms with Crippen LogP contribution in [0.15, 0.2) is 72.8 Å². The SMILES string of the molecule is CC(C)(C)OC(=O)n1c(-c2ccc(Cl)c3c2C(C(=O)C2NCc4c(Cl)ccc(-c5cc6cc(C(N)CCF)ccc6n5C(=O)OC(C)(C)C)c42)NC3)cc2cc(C(N)CCF)ccc21. The van der Waals surface area contributed by atoms with E-state index >= 15 is 4.79 Å². The van der Waals surface area contributed by atoms with E-state index in [0.29, 0.717) is 87.7 Å². The van der Waals surface area contributed by atoms with Crippen molar-refractivity contribution in [2.75, 3.05) is 13.3 Å². The van der Waals surface area contributed by atoms with Gasteiger partial charge >= 0.3 is 12.2 Å². The van der Waals surface area contributed by atoms with Crippen molar-refractivity contribution in [2.24, 2.45) is 11.5 Å². The molecule has 2 aliphatic rings. The first-order valence-electron chi connectivity index (χ1n) is 21.3. The molecule has 0 saturated carbocycles. The number of nitrogens with two attached hydrogens (primary N) is 2. The highest BCUT2D eigenvalue weighted by molar-refractivity contribution is 6.32. The maximum atomic E-state index is 15.4. The van der Waals surface area contributed by atoms with Gasteiger partial charge in [-0.3, -0.25) is 24.2 Å². The van der Waals surface area contributed by atoms with Crippen molar-refractivity contribution < 1.29 is 32.6 Å². The maximum Gasteiger partial charge on any atom is 0.419 e. The van der Waals surface area contributed by atoms with Crippen LogP contribution in [0.1, 0.15) is 112 Å². The molecule has 0 saturated heterocycles. The van der Waals surface area contributed by atoms with Gasteiger partial charge in [-0.1, -0.05) is 47.5 Å². The fourth-order valence-corrected chi connectivity index (χ4v) is 9.37. The van der Waals surface area contributed by atoms with Gasteiger partial charge in [-0.05, 0) is 136 Å². The second kappa shape index (κ2) is 17.3. The van der Waals surface area contributed by atoms with Crippen LogP contribution < -0.4 is 22.1 Å². The lowest BCUT2D eigenvalue weighted by Gasteiger charge is -2.24. The lowest BCUT2D eigenvalue weighted by atomic mass is 9.87. The molecule has 2 aromatic heterocycles. The summed E-state index contributed by atoms with van der Waals surface area (Å²) in [6.45, 7) is 10.1. The van der Waals surface area contributed by atoms with E-state index in [0.717, 1.165) is 0 Å². The van der Waals surface area contributed by atoms with E-state index in [2.05, 4.69) is 10.6 Å². The van der Waals surface area contributed by atoms with Crippen molar-refractivity contribution in [2.45, 2.75) is 103 Å². The molecule has 336 valence electrons. The second-order valence-corrected chi connectivity index (χ2v) is 19.3. The lowest BCUT2D eigenvalue weighted by Crippen LogP contribution is -2.32. The van der Waals surface area contributed by atoms with Crippen molar-refractivity contribution in [1.82, 2.24) is 19.8 Å². The Morgan fingerprint density at radius 3 is 1.41 bits per heavy atom. The van der Waals surface area contributed by atoms with Crippen molar-refractivity contribution in [1.29, 1.82) is 0 Å². The molecule has 11 nitrogen and oxygen atoms in total. The number of ketones is 1. The minimum Gasteiger partial charge on any atom is -0.443 e. The number of aromatic nitrogens is 2. The van der Waals surface area contributed by atoms with Crippen LogP contribution in [-0.2, 0) is 27.4 Å². The molecule has 64 heavy (non-hydrogen) atoms. The number of hydrogen-bond donors (Lipinski definition) is 4. The average molecular weight is 914 g/mol. The second-order valence-electron chi connectivity index (χ2n) is 18.5. The third kappa shape index (κ3) is 8.45. The third-order valence-electron chi connectivity index (χ3n) is 11.8. The molecule has 8 rings (SSSR count). The molecule has 0 bridgehead atoms. The van der Waals surface area contributed by atoms with Crippen molar-refractivity contribution >= 4 is 63.0 Å². The zero-order valence-electron chi connectivity index (χ0n) is 36.6. The number of hydrogen-bond acceptors (Lipinski definition) is 9. The number of halogens is 4. The summed E-state index contributed by atoms with van der Waals surface area (Å²) in [5.74, 6) is -0.247. The molecule has 6 aromatic rings. The number of benzene rings is 4. The summed E-state index contributed by atoms with van der Waals surface area (Å²) < 4.78 is 41.6. The van der Waals surface area contributed by atoms with Gasteiger partial charge in [-0.25, -0.2) is 18.7 Å². The highest BCUT2D eigenvalue weighted by atomic mass is 35.5. The van der Waals surface area contributed by atoms with E-state index in [1.165, 1.54) is 9.13 Å². The first kappa shape index (κ1) is 45.4. The number of alkyl halides is 2. The van der Waals surface area contributed by atoms with E-state index in [9.17, 15) is 18.4 Å². The van der Waals surface area contributed by atoms with Gasteiger partial charge in [-0.15, -0.1) is 0 Å². The Balaban J connectivity index is 1.27. The Kier molecular flexibility index (Phi) is 12.3. The van der Waals surface area contributed by atoms with E-state index < -0.39 is 60.9 Å². The highest BCUT2D eigenvalue weighted by Gasteiger charge is 2.42. The Morgan fingerprint density at radius 1 is 0.656 bits per heavy atom. The molecule has 2 aliphatic heterocycles. The zero-order chi connectivity index (χ0) is 46.0. The quantitative estimate of drug-likeness (QED) is 0.105. The summed E-state index contributed by atoms with van der Waals surface area (Å²) in [7, 11) is 0. The topological polar surface area (TPSA) is 156 Å². The predicted octanol–water partition coefficient (Wildman–Crippen LogP) is 11.1. The van der Waals surface area contributed by atoms with Gasteiger partial charge in [0.1, 0.15) is 11.2 Å². The van der Waals surface area contributed by atoms with Crippen LogP contribution in [0.5, 0.6) is 0 Å². The number of ether oxygens (including phenoxy) is 2. The van der Waals surface area contributed by atoms with Crippen LogP contribution in [0.3, 0.4) is 0 Å². The summed E-state index contributed by atoms with van der Waals surface area (Å²) in [4.78, 5) is 43.7. The molecule has 4 aromatic carbocycles. The van der Waals surface area contributed by atoms with Crippen molar-refractivity contribution in [3.63, 3.8) is 0 Å². The molecule has 0 radical (unpaired) electrons. The summed E-state index contributed by atoms with van der Waals surface area (Å²) in [5, 5.41) is 9.06. The minimum atomic E-state index is -0.922. The van der Waals surface area contributed by atoms with Gasteiger partial charge < -0.3 is 20.9 Å². The molecule has 15 heteroatoms. The standard InChI is InChI=1S/C49H52Cl2F2N6O5/c1-48(2,3)63-46(61)58-37-13-7-25(35(54)15-17-52)19-27(37)21-39(58)29-9-11-33(50)31-23-56-43(41(29)31)45(60)44-42-30(10-12-34(51)32(42)24-57-44)40-22-28-20-26(36(55)16-18-53)8-14-38(28)59(40)47(62)64-49(4,5)6/h7-14,19-22,35-36,43-44,56-57H,15-18,23-24,54-55H2,1-6H3. The van der Waals surface area contributed by atoms with Gasteiger partial charge in [0.2, 0.25) is 0 Å². The minimum absolute atomic E-state index is 0.136. The van der Waals surface area contributed by atoms with Crippen LogP contribution in [-0.4, -0.2) is 51.7 Å². The summed E-state index contributed by atoms with van der Waals surface area (Å²) in [5.41, 5.74) is 18.2.